The lowest BCUT2D eigenvalue weighted by Crippen LogP contribution is -2.15. The first-order chi connectivity index (χ1) is 8.06. The molecule has 1 heterocycles. The molecule has 0 saturated heterocycles. The van der Waals surface area contributed by atoms with Gasteiger partial charge in [0.25, 0.3) is 0 Å². The molecule has 0 spiro atoms. The summed E-state index contributed by atoms with van der Waals surface area (Å²) in [6, 6.07) is 5.00. The van der Waals surface area contributed by atoms with Crippen LogP contribution in [0.5, 0.6) is 0 Å². The van der Waals surface area contributed by atoms with Gasteiger partial charge in [-0.15, -0.1) is 0 Å². The molecule has 3 nitrogen and oxygen atoms in total. The molecule has 0 amide bonds. The number of unbranched alkanes of at least 4 members (excludes halogenated alkanes) is 2. The molecule has 0 aliphatic rings. The van der Waals surface area contributed by atoms with Crippen molar-refractivity contribution in [1.82, 2.24) is 4.98 Å². The van der Waals surface area contributed by atoms with E-state index in [1.54, 1.807) is 18.2 Å². The van der Waals surface area contributed by atoms with E-state index in [1.165, 1.54) is 19.0 Å². The van der Waals surface area contributed by atoms with Gasteiger partial charge in [0.1, 0.15) is 0 Å². The van der Waals surface area contributed by atoms with Gasteiger partial charge in [-0.2, -0.15) is 0 Å². The highest BCUT2D eigenvalue weighted by Gasteiger charge is 2.19. The summed E-state index contributed by atoms with van der Waals surface area (Å²) < 4.78 is 24.0. The van der Waals surface area contributed by atoms with Crippen LogP contribution in [0, 0.1) is 5.92 Å². The van der Waals surface area contributed by atoms with Gasteiger partial charge in [0, 0.05) is 6.20 Å². The number of rotatable bonds is 7. The monoisotopic (exact) mass is 255 g/mol. The van der Waals surface area contributed by atoms with E-state index in [0.717, 1.165) is 12.8 Å². The van der Waals surface area contributed by atoms with Crippen molar-refractivity contribution in [2.24, 2.45) is 5.92 Å². The van der Waals surface area contributed by atoms with Crippen LogP contribution in [0.4, 0.5) is 0 Å². The molecule has 0 aliphatic carbocycles. The summed E-state index contributed by atoms with van der Waals surface area (Å²) >= 11 is 0. The fourth-order valence-electron chi connectivity index (χ4n) is 1.82. The van der Waals surface area contributed by atoms with Crippen LogP contribution in [0.1, 0.15) is 39.5 Å². The average molecular weight is 255 g/mol. The Kier molecular flexibility index (Phi) is 5.62. The Morgan fingerprint density at radius 3 is 2.65 bits per heavy atom. The van der Waals surface area contributed by atoms with Crippen molar-refractivity contribution >= 4 is 9.84 Å². The first kappa shape index (κ1) is 14.2. The molecule has 0 bridgehead atoms. The Hall–Kier alpha value is -0.900. The van der Waals surface area contributed by atoms with Crippen LogP contribution in [0.3, 0.4) is 0 Å². The van der Waals surface area contributed by atoms with Crippen molar-refractivity contribution in [3.05, 3.63) is 24.4 Å². The molecule has 1 atom stereocenters. The van der Waals surface area contributed by atoms with E-state index < -0.39 is 9.84 Å². The largest absolute Gasteiger partial charge is 0.245 e. The number of pyridine rings is 1. The highest BCUT2D eigenvalue weighted by molar-refractivity contribution is 7.91. The number of aromatic nitrogens is 1. The van der Waals surface area contributed by atoms with Crippen molar-refractivity contribution in [3.8, 4) is 0 Å². The summed E-state index contributed by atoms with van der Waals surface area (Å²) in [5.41, 5.74) is 0. The third kappa shape index (κ3) is 4.86. The van der Waals surface area contributed by atoms with Crippen LogP contribution >= 0.6 is 0 Å². The molecule has 17 heavy (non-hydrogen) atoms. The Morgan fingerprint density at radius 1 is 1.29 bits per heavy atom. The lowest BCUT2D eigenvalue weighted by Gasteiger charge is -2.11. The first-order valence-electron chi connectivity index (χ1n) is 6.20. The van der Waals surface area contributed by atoms with Crippen LogP contribution in [-0.2, 0) is 9.84 Å². The zero-order valence-corrected chi connectivity index (χ0v) is 11.4. The predicted molar refractivity (Wildman–Crippen MR) is 69.6 cm³/mol. The Balaban J connectivity index is 2.55. The lowest BCUT2D eigenvalue weighted by atomic mass is 10.1. The number of sulfone groups is 1. The highest BCUT2D eigenvalue weighted by atomic mass is 32.2. The molecule has 1 aromatic heterocycles. The van der Waals surface area contributed by atoms with E-state index in [-0.39, 0.29) is 16.7 Å². The zero-order chi connectivity index (χ0) is 12.7. The van der Waals surface area contributed by atoms with Gasteiger partial charge >= 0.3 is 0 Å². The average Bonchev–Trinajstić information content (AvgIpc) is 2.30. The molecule has 0 radical (unpaired) electrons. The summed E-state index contributed by atoms with van der Waals surface area (Å²) in [7, 11) is -3.21. The maximum atomic E-state index is 12.0. The smallest absolute Gasteiger partial charge is 0.195 e. The van der Waals surface area contributed by atoms with Gasteiger partial charge in [-0.1, -0.05) is 39.2 Å². The van der Waals surface area contributed by atoms with E-state index in [1.807, 2.05) is 6.92 Å². The second-order valence-electron chi connectivity index (χ2n) is 4.55. The van der Waals surface area contributed by atoms with Crippen LogP contribution in [-0.4, -0.2) is 19.2 Å². The number of nitrogens with zero attached hydrogens (tertiary/aromatic N) is 1. The first-order valence-corrected chi connectivity index (χ1v) is 7.85. The standard InChI is InChI=1S/C13H21NO2S/c1-3-4-5-8-12(2)11-17(15,16)13-9-6-7-10-14-13/h6-7,9-10,12H,3-5,8,11H2,1-2H3/t12-/m1/s1. The van der Waals surface area contributed by atoms with E-state index in [9.17, 15) is 8.42 Å². The molecule has 0 unspecified atom stereocenters. The van der Waals surface area contributed by atoms with Gasteiger partial charge in [0.15, 0.2) is 14.9 Å². The van der Waals surface area contributed by atoms with Gasteiger partial charge in [-0.25, -0.2) is 13.4 Å². The molecule has 0 N–H and O–H groups in total. The van der Waals surface area contributed by atoms with Crippen molar-refractivity contribution in [3.63, 3.8) is 0 Å². The van der Waals surface area contributed by atoms with Gasteiger partial charge in [-0.3, -0.25) is 0 Å². The summed E-state index contributed by atoms with van der Waals surface area (Å²) in [5, 5.41) is 0.197. The molecular formula is C13H21NO2S. The third-order valence-electron chi connectivity index (χ3n) is 2.76. The molecule has 0 fully saturated rings. The fraction of sp³-hybridized carbons (Fsp3) is 0.615. The fourth-order valence-corrected chi connectivity index (χ4v) is 3.41. The van der Waals surface area contributed by atoms with Gasteiger partial charge in [0.05, 0.1) is 5.75 Å². The van der Waals surface area contributed by atoms with Crippen molar-refractivity contribution in [2.75, 3.05) is 5.75 Å². The summed E-state index contributed by atoms with van der Waals surface area (Å²) in [6.07, 6.45) is 5.94. The number of hydrogen-bond acceptors (Lipinski definition) is 3. The maximum Gasteiger partial charge on any atom is 0.195 e. The quantitative estimate of drug-likeness (QED) is 0.703. The third-order valence-corrected chi connectivity index (χ3v) is 4.65. The summed E-state index contributed by atoms with van der Waals surface area (Å²) in [5.74, 6) is 0.404. The van der Waals surface area contributed by atoms with Crippen molar-refractivity contribution < 1.29 is 8.42 Å². The molecule has 0 aliphatic heterocycles. The predicted octanol–water partition coefficient (Wildman–Crippen LogP) is 3.07. The minimum atomic E-state index is -3.21. The lowest BCUT2D eigenvalue weighted by molar-refractivity contribution is 0.519. The van der Waals surface area contributed by atoms with E-state index in [0.29, 0.717) is 0 Å². The Bertz CT molecular complexity index is 414. The molecule has 4 heteroatoms. The number of hydrogen-bond donors (Lipinski definition) is 0. The van der Waals surface area contributed by atoms with E-state index in [2.05, 4.69) is 11.9 Å². The molecular weight excluding hydrogens is 234 g/mol. The Morgan fingerprint density at radius 2 is 2.06 bits per heavy atom. The van der Waals surface area contributed by atoms with Crippen LogP contribution < -0.4 is 0 Å². The van der Waals surface area contributed by atoms with Gasteiger partial charge in [-0.05, 0) is 24.5 Å². The van der Waals surface area contributed by atoms with Crippen LogP contribution in [0.25, 0.3) is 0 Å². The van der Waals surface area contributed by atoms with E-state index in [4.69, 9.17) is 0 Å². The molecule has 96 valence electrons. The van der Waals surface area contributed by atoms with Crippen LogP contribution in [0.15, 0.2) is 29.4 Å². The van der Waals surface area contributed by atoms with Crippen LogP contribution in [0.2, 0.25) is 0 Å². The molecule has 1 aromatic rings. The second kappa shape index (κ2) is 6.74. The Labute approximate surface area is 104 Å². The van der Waals surface area contributed by atoms with Gasteiger partial charge in [0.2, 0.25) is 0 Å². The maximum absolute atomic E-state index is 12.0. The minimum absolute atomic E-state index is 0.197. The van der Waals surface area contributed by atoms with Crippen molar-refractivity contribution in [1.29, 1.82) is 0 Å². The van der Waals surface area contributed by atoms with E-state index >= 15 is 0 Å². The normalized spacial score (nSPS) is 13.5. The highest BCUT2D eigenvalue weighted by Crippen LogP contribution is 2.16. The topological polar surface area (TPSA) is 47.0 Å². The minimum Gasteiger partial charge on any atom is -0.245 e. The SMILES string of the molecule is CCCCC[C@@H](C)CS(=O)(=O)c1ccccn1. The molecule has 0 saturated carbocycles. The second-order valence-corrected chi connectivity index (χ2v) is 6.53. The van der Waals surface area contributed by atoms with Gasteiger partial charge < -0.3 is 0 Å². The summed E-state index contributed by atoms with van der Waals surface area (Å²) in [6.45, 7) is 4.14. The molecule has 0 aromatic carbocycles. The van der Waals surface area contributed by atoms with Crippen molar-refractivity contribution in [2.45, 2.75) is 44.6 Å². The molecule has 1 rings (SSSR count). The summed E-state index contributed by atoms with van der Waals surface area (Å²) in [4.78, 5) is 3.91. The zero-order valence-electron chi connectivity index (χ0n) is 10.6.